The molecule has 0 saturated heterocycles. The molecule has 1 aromatic rings. The van der Waals surface area contributed by atoms with Crippen molar-refractivity contribution in [2.45, 2.75) is 0 Å². The average Bonchev–Trinajstić information content (AvgIpc) is 1.85. The SMILES string of the molecule is Nc1cc(N)nc(C(=O)O)n1. The Bertz CT molecular complexity index is 278. The van der Waals surface area contributed by atoms with Crippen molar-refractivity contribution in [2.24, 2.45) is 0 Å². The molecule has 0 aliphatic heterocycles. The van der Waals surface area contributed by atoms with E-state index in [-0.39, 0.29) is 17.5 Å². The summed E-state index contributed by atoms with van der Waals surface area (Å²) in [6.07, 6.45) is 0. The highest BCUT2D eigenvalue weighted by atomic mass is 16.4. The zero-order chi connectivity index (χ0) is 8.43. The number of hydrogen-bond donors (Lipinski definition) is 3. The van der Waals surface area contributed by atoms with E-state index in [9.17, 15) is 4.79 Å². The van der Waals surface area contributed by atoms with Crippen LogP contribution in [0.2, 0.25) is 0 Å². The van der Waals surface area contributed by atoms with E-state index in [1.807, 2.05) is 0 Å². The smallest absolute Gasteiger partial charge is 0.374 e. The van der Waals surface area contributed by atoms with Gasteiger partial charge in [-0.1, -0.05) is 0 Å². The Balaban J connectivity index is 3.19. The molecule has 0 aliphatic carbocycles. The Morgan fingerprint density at radius 2 is 1.82 bits per heavy atom. The first-order valence-corrected chi connectivity index (χ1v) is 2.73. The molecule has 0 atom stereocenters. The van der Waals surface area contributed by atoms with Crippen molar-refractivity contribution in [3.8, 4) is 0 Å². The lowest BCUT2D eigenvalue weighted by atomic mass is 10.5. The molecular weight excluding hydrogens is 148 g/mol. The average molecular weight is 154 g/mol. The zero-order valence-corrected chi connectivity index (χ0v) is 5.48. The van der Waals surface area contributed by atoms with Crippen LogP contribution >= 0.6 is 0 Å². The Labute approximate surface area is 61.9 Å². The van der Waals surface area contributed by atoms with Gasteiger partial charge in [0.05, 0.1) is 0 Å². The number of rotatable bonds is 1. The first kappa shape index (κ1) is 7.26. The highest BCUT2D eigenvalue weighted by Gasteiger charge is 2.07. The number of nitrogens with zero attached hydrogens (tertiary/aromatic N) is 2. The molecule has 1 heterocycles. The molecule has 0 unspecified atom stereocenters. The number of aromatic nitrogens is 2. The van der Waals surface area contributed by atoms with Gasteiger partial charge in [0.1, 0.15) is 11.6 Å². The van der Waals surface area contributed by atoms with Crippen molar-refractivity contribution in [1.29, 1.82) is 0 Å². The van der Waals surface area contributed by atoms with Gasteiger partial charge in [0.2, 0.25) is 5.82 Å². The maximum Gasteiger partial charge on any atom is 0.374 e. The van der Waals surface area contributed by atoms with Gasteiger partial charge in [-0.15, -0.1) is 0 Å². The molecule has 0 spiro atoms. The summed E-state index contributed by atoms with van der Waals surface area (Å²) >= 11 is 0. The summed E-state index contributed by atoms with van der Waals surface area (Å²) in [4.78, 5) is 17.1. The highest BCUT2D eigenvalue weighted by Crippen LogP contribution is 2.03. The molecule has 1 rings (SSSR count). The predicted molar refractivity (Wildman–Crippen MR) is 37.8 cm³/mol. The van der Waals surface area contributed by atoms with E-state index >= 15 is 0 Å². The van der Waals surface area contributed by atoms with Crippen molar-refractivity contribution in [3.05, 3.63) is 11.9 Å². The molecule has 5 N–H and O–H groups in total. The molecule has 0 saturated carbocycles. The van der Waals surface area contributed by atoms with Crippen LogP contribution in [-0.2, 0) is 0 Å². The standard InChI is InChI=1S/C5H6N4O2/c6-2-1-3(7)9-4(8-2)5(10)11/h1H,(H,10,11)(H4,6,7,8,9). The molecule has 58 valence electrons. The number of anilines is 2. The maximum absolute atomic E-state index is 10.3. The van der Waals surface area contributed by atoms with Crippen molar-refractivity contribution in [3.63, 3.8) is 0 Å². The van der Waals surface area contributed by atoms with Gasteiger partial charge in [-0.2, -0.15) is 0 Å². The van der Waals surface area contributed by atoms with E-state index in [4.69, 9.17) is 16.6 Å². The Kier molecular flexibility index (Phi) is 1.59. The molecule has 0 bridgehead atoms. The molecule has 0 amide bonds. The van der Waals surface area contributed by atoms with E-state index < -0.39 is 5.97 Å². The normalized spacial score (nSPS) is 9.45. The summed E-state index contributed by atoms with van der Waals surface area (Å²) in [7, 11) is 0. The van der Waals surface area contributed by atoms with Crippen LogP contribution in [0.15, 0.2) is 6.07 Å². The van der Waals surface area contributed by atoms with E-state index in [0.29, 0.717) is 0 Å². The molecule has 6 nitrogen and oxygen atoms in total. The summed E-state index contributed by atoms with van der Waals surface area (Å²) in [6, 6.07) is 1.28. The fraction of sp³-hybridized carbons (Fsp3) is 0. The van der Waals surface area contributed by atoms with Gasteiger partial charge in [-0.05, 0) is 0 Å². The Morgan fingerprint density at radius 3 is 2.18 bits per heavy atom. The minimum absolute atomic E-state index is 0.0508. The van der Waals surface area contributed by atoms with Gasteiger partial charge >= 0.3 is 5.97 Å². The zero-order valence-electron chi connectivity index (χ0n) is 5.48. The molecule has 6 heteroatoms. The van der Waals surface area contributed by atoms with E-state index in [1.54, 1.807) is 0 Å². The molecule has 0 aliphatic rings. The monoisotopic (exact) mass is 154 g/mol. The van der Waals surface area contributed by atoms with Crippen LogP contribution in [-0.4, -0.2) is 21.0 Å². The predicted octanol–water partition coefficient (Wildman–Crippen LogP) is -0.661. The Hall–Kier alpha value is -1.85. The second kappa shape index (κ2) is 2.41. The van der Waals surface area contributed by atoms with Crippen LogP contribution < -0.4 is 11.5 Å². The van der Waals surface area contributed by atoms with Crippen LogP contribution in [0.1, 0.15) is 10.6 Å². The molecule has 0 fully saturated rings. The van der Waals surface area contributed by atoms with Crippen molar-refractivity contribution in [2.75, 3.05) is 11.5 Å². The molecule has 11 heavy (non-hydrogen) atoms. The number of carboxylic acids is 1. The first-order valence-electron chi connectivity index (χ1n) is 2.73. The summed E-state index contributed by atoms with van der Waals surface area (Å²) in [5, 5.41) is 8.40. The summed E-state index contributed by atoms with van der Waals surface area (Å²) in [5.41, 5.74) is 10.4. The van der Waals surface area contributed by atoms with E-state index in [1.165, 1.54) is 6.07 Å². The number of aromatic carboxylic acids is 1. The second-order valence-corrected chi connectivity index (χ2v) is 1.85. The molecular formula is C5H6N4O2. The van der Waals surface area contributed by atoms with Crippen LogP contribution in [0.4, 0.5) is 11.6 Å². The van der Waals surface area contributed by atoms with Crippen molar-refractivity contribution >= 4 is 17.6 Å². The van der Waals surface area contributed by atoms with E-state index in [2.05, 4.69) is 9.97 Å². The third-order valence-electron chi connectivity index (χ3n) is 0.957. The number of carbonyl (C=O) groups is 1. The number of nitrogen functional groups attached to an aromatic ring is 2. The van der Waals surface area contributed by atoms with Gasteiger partial charge in [-0.3, -0.25) is 0 Å². The van der Waals surface area contributed by atoms with Gasteiger partial charge in [0, 0.05) is 6.07 Å². The van der Waals surface area contributed by atoms with Gasteiger partial charge in [0.15, 0.2) is 0 Å². The highest BCUT2D eigenvalue weighted by molar-refractivity contribution is 5.84. The summed E-state index contributed by atoms with van der Waals surface area (Å²) in [5.74, 6) is -1.53. The van der Waals surface area contributed by atoms with Crippen molar-refractivity contribution < 1.29 is 9.90 Å². The van der Waals surface area contributed by atoms with Gasteiger partial charge in [-0.25, -0.2) is 14.8 Å². The fourth-order valence-electron chi connectivity index (χ4n) is 0.581. The molecule has 0 aromatic carbocycles. The number of nitrogens with two attached hydrogens (primary N) is 2. The lowest BCUT2D eigenvalue weighted by Gasteiger charge is -1.96. The Morgan fingerprint density at radius 1 is 1.36 bits per heavy atom. The third kappa shape index (κ3) is 1.54. The van der Waals surface area contributed by atoms with Crippen LogP contribution in [0, 0.1) is 0 Å². The van der Waals surface area contributed by atoms with Crippen LogP contribution in [0.5, 0.6) is 0 Å². The largest absolute Gasteiger partial charge is 0.475 e. The third-order valence-corrected chi connectivity index (χ3v) is 0.957. The topological polar surface area (TPSA) is 115 Å². The second-order valence-electron chi connectivity index (χ2n) is 1.85. The van der Waals surface area contributed by atoms with Crippen LogP contribution in [0.25, 0.3) is 0 Å². The number of hydrogen-bond acceptors (Lipinski definition) is 5. The van der Waals surface area contributed by atoms with Crippen molar-refractivity contribution in [1.82, 2.24) is 9.97 Å². The molecule has 0 radical (unpaired) electrons. The van der Waals surface area contributed by atoms with E-state index in [0.717, 1.165) is 0 Å². The minimum Gasteiger partial charge on any atom is -0.475 e. The summed E-state index contributed by atoms with van der Waals surface area (Å²) < 4.78 is 0. The lowest BCUT2D eigenvalue weighted by molar-refractivity contribution is 0.0684. The lowest BCUT2D eigenvalue weighted by Crippen LogP contribution is -2.08. The van der Waals surface area contributed by atoms with Gasteiger partial charge in [0.25, 0.3) is 0 Å². The van der Waals surface area contributed by atoms with Gasteiger partial charge < -0.3 is 16.6 Å². The summed E-state index contributed by atoms with van der Waals surface area (Å²) in [6.45, 7) is 0. The maximum atomic E-state index is 10.3. The quantitative estimate of drug-likeness (QED) is 0.494. The van der Waals surface area contributed by atoms with Crippen LogP contribution in [0.3, 0.4) is 0 Å². The number of carboxylic acid groups (broad SMARTS) is 1. The minimum atomic E-state index is -1.25. The first-order chi connectivity index (χ1) is 5.09. The molecule has 1 aromatic heterocycles. The fourth-order valence-corrected chi connectivity index (χ4v) is 0.581.